The number of hydrogen-bond acceptors (Lipinski definition) is 8. The Kier molecular flexibility index (Phi) is 10.6. The maximum atomic E-state index is 11.7. The molecular formula is C30H40ClN5O3. The van der Waals surface area contributed by atoms with E-state index >= 15 is 0 Å². The van der Waals surface area contributed by atoms with E-state index in [1.165, 1.54) is 0 Å². The zero-order chi connectivity index (χ0) is 27.7. The lowest BCUT2D eigenvalue weighted by molar-refractivity contribution is -0.143. The van der Waals surface area contributed by atoms with Crippen LogP contribution < -0.4 is 10.6 Å². The molecule has 2 fully saturated rings. The summed E-state index contributed by atoms with van der Waals surface area (Å²) in [6.45, 7) is 6.08. The van der Waals surface area contributed by atoms with Crippen molar-refractivity contribution in [1.82, 2.24) is 15.3 Å². The van der Waals surface area contributed by atoms with Crippen molar-refractivity contribution < 1.29 is 14.3 Å². The van der Waals surface area contributed by atoms with Gasteiger partial charge in [-0.2, -0.15) is 5.26 Å². The van der Waals surface area contributed by atoms with Crippen molar-refractivity contribution in [3.05, 3.63) is 41.2 Å². The number of hydrogen-bond donors (Lipinski definition) is 2. The van der Waals surface area contributed by atoms with Crippen LogP contribution in [0.15, 0.2) is 30.5 Å². The van der Waals surface area contributed by atoms with Gasteiger partial charge in [0.25, 0.3) is 0 Å². The number of esters is 1. The van der Waals surface area contributed by atoms with E-state index < -0.39 is 5.41 Å². The molecule has 0 aromatic carbocycles. The van der Waals surface area contributed by atoms with Crippen LogP contribution in [-0.4, -0.2) is 54.4 Å². The normalized spacial score (nSPS) is 21.5. The van der Waals surface area contributed by atoms with Crippen LogP contribution in [0.4, 0.5) is 5.82 Å². The first-order chi connectivity index (χ1) is 18.9. The topological polar surface area (TPSA) is 109 Å². The zero-order valence-electron chi connectivity index (χ0n) is 23.0. The van der Waals surface area contributed by atoms with Crippen LogP contribution in [-0.2, 0) is 20.7 Å². The molecule has 3 heterocycles. The van der Waals surface area contributed by atoms with Gasteiger partial charge in [0, 0.05) is 49.3 Å². The number of rotatable bonds is 11. The summed E-state index contributed by atoms with van der Waals surface area (Å²) in [7, 11) is 0. The summed E-state index contributed by atoms with van der Waals surface area (Å²) in [5, 5.41) is 17.3. The van der Waals surface area contributed by atoms with Crippen LogP contribution in [0.1, 0.15) is 64.5 Å². The molecule has 9 heteroatoms. The van der Waals surface area contributed by atoms with Gasteiger partial charge in [-0.15, -0.1) is 0 Å². The Hall–Kier alpha value is -2.73. The number of nitrogens with zero attached hydrogens (tertiary/aromatic N) is 3. The summed E-state index contributed by atoms with van der Waals surface area (Å²) < 4.78 is 10.5. The highest BCUT2D eigenvalue weighted by molar-refractivity contribution is 6.33. The number of pyridine rings is 2. The molecule has 1 saturated heterocycles. The minimum absolute atomic E-state index is 0.117. The van der Waals surface area contributed by atoms with Gasteiger partial charge >= 0.3 is 5.97 Å². The van der Waals surface area contributed by atoms with E-state index in [-0.39, 0.29) is 12.0 Å². The summed E-state index contributed by atoms with van der Waals surface area (Å²) in [5.41, 5.74) is 2.25. The van der Waals surface area contributed by atoms with Crippen molar-refractivity contribution in [2.75, 3.05) is 31.7 Å². The molecule has 1 aliphatic carbocycles. The van der Waals surface area contributed by atoms with Crippen molar-refractivity contribution >= 4 is 23.4 Å². The first kappa shape index (κ1) is 29.3. The van der Waals surface area contributed by atoms with Crippen molar-refractivity contribution in [2.24, 2.45) is 11.3 Å². The summed E-state index contributed by atoms with van der Waals surface area (Å²) >= 11 is 6.57. The fourth-order valence-corrected chi connectivity index (χ4v) is 5.78. The minimum atomic E-state index is -0.426. The largest absolute Gasteiger partial charge is 0.466 e. The van der Waals surface area contributed by atoms with Crippen molar-refractivity contribution in [3.63, 3.8) is 0 Å². The highest BCUT2D eigenvalue weighted by Gasteiger charge is 2.32. The standard InChI is InChI=1S/C30H40ClN5O3/c1-3-39-29(37)15-21(2)35-23-9-7-22(8-10-23)16-24-17-25(26(31)18-33-24)27-5-4-6-28(36-27)34-20-30(19-32)11-13-38-14-12-30/h4-6,17-18,21-23,35H,3,7-16,20H2,1-2H3,(H,34,36)/t21-,22?,23?/m1/s1. The third kappa shape index (κ3) is 8.38. The molecule has 0 radical (unpaired) electrons. The fraction of sp³-hybridized carbons (Fsp3) is 0.600. The van der Waals surface area contributed by atoms with Gasteiger partial charge in [0.2, 0.25) is 0 Å². The lowest BCUT2D eigenvalue weighted by Gasteiger charge is -2.31. The Morgan fingerprint density at radius 2 is 2.05 bits per heavy atom. The molecule has 1 saturated carbocycles. The second kappa shape index (κ2) is 14.1. The van der Waals surface area contributed by atoms with E-state index in [1.807, 2.05) is 32.0 Å². The molecular weight excluding hydrogens is 514 g/mol. The molecule has 210 valence electrons. The number of nitrogens with one attached hydrogen (secondary N) is 2. The molecule has 0 amide bonds. The lowest BCUT2D eigenvalue weighted by atomic mass is 9.82. The maximum absolute atomic E-state index is 11.7. The molecule has 0 unspecified atom stereocenters. The van der Waals surface area contributed by atoms with Gasteiger partial charge in [-0.3, -0.25) is 9.78 Å². The Morgan fingerprint density at radius 3 is 2.77 bits per heavy atom. The SMILES string of the molecule is CCOC(=O)C[C@@H](C)NC1CCC(Cc2cc(-c3cccc(NCC4(C#N)CCOCC4)n3)c(Cl)cn2)CC1. The Balaban J connectivity index is 1.33. The zero-order valence-corrected chi connectivity index (χ0v) is 23.8. The molecule has 1 aliphatic heterocycles. The van der Waals surface area contributed by atoms with Crippen LogP contribution in [0.3, 0.4) is 0 Å². The summed E-state index contributed by atoms with van der Waals surface area (Å²) in [6.07, 6.45) is 8.89. The maximum Gasteiger partial charge on any atom is 0.307 e. The van der Waals surface area contributed by atoms with E-state index in [0.717, 1.165) is 67.7 Å². The number of nitriles is 1. The molecule has 2 aromatic heterocycles. The van der Waals surface area contributed by atoms with Crippen LogP contribution in [0, 0.1) is 22.7 Å². The molecule has 0 spiro atoms. The number of anilines is 1. The van der Waals surface area contributed by atoms with Crippen molar-refractivity contribution in [1.29, 1.82) is 5.26 Å². The molecule has 4 rings (SSSR count). The fourth-order valence-electron chi connectivity index (χ4n) is 5.58. The Bertz CT molecular complexity index is 1140. The van der Waals surface area contributed by atoms with Crippen LogP contribution in [0.2, 0.25) is 5.02 Å². The Morgan fingerprint density at radius 1 is 1.28 bits per heavy atom. The number of ether oxygens (including phenoxy) is 2. The lowest BCUT2D eigenvalue weighted by Crippen LogP contribution is -2.40. The van der Waals surface area contributed by atoms with E-state index in [1.54, 1.807) is 6.20 Å². The molecule has 2 aliphatic rings. The smallest absolute Gasteiger partial charge is 0.307 e. The number of carbonyl (C=O) groups excluding carboxylic acids is 1. The van der Waals surface area contributed by atoms with Gasteiger partial charge < -0.3 is 20.1 Å². The molecule has 39 heavy (non-hydrogen) atoms. The van der Waals surface area contributed by atoms with E-state index in [2.05, 4.69) is 27.8 Å². The van der Waals surface area contributed by atoms with Gasteiger partial charge in [-0.05, 0) is 82.9 Å². The van der Waals surface area contributed by atoms with Gasteiger partial charge in [0.15, 0.2) is 0 Å². The molecule has 2 N–H and O–H groups in total. The van der Waals surface area contributed by atoms with Gasteiger partial charge in [0.05, 0.1) is 35.2 Å². The number of aromatic nitrogens is 2. The van der Waals surface area contributed by atoms with Gasteiger partial charge in [-0.25, -0.2) is 4.98 Å². The predicted octanol–water partition coefficient (Wildman–Crippen LogP) is 5.56. The van der Waals surface area contributed by atoms with E-state index in [0.29, 0.717) is 49.8 Å². The van der Waals surface area contributed by atoms with Gasteiger partial charge in [-0.1, -0.05) is 17.7 Å². The third-order valence-electron chi connectivity index (χ3n) is 7.87. The predicted molar refractivity (Wildman–Crippen MR) is 152 cm³/mol. The van der Waals surface area contributed by atoms with Gasteiger partial charge in [0.1, 0.15) is 5.82 Å². The summed E-state index contributed by atoms with van der Waals surface area (Å²) in [5.74, 6) is 1.15. The number of carbonyl (C=O) groups is 1. The highest BCUT2D eigenvalue weighted by atomic mass is 35.5. The first-order valence-electron chi connectivity index (χ1n) is 14.2. The average molecular weight is 554 g/mol. The van der Waals surface area contributed by atoms with Crippen LogP contribution >= 0.6 is 11.6 Å². The minimum Gasteiger partial charge on any atom is -0.466 e. The summed E-state index contributed by atoms with van der Waals surface area (Å²) in [6, 6.07) is 10.9. The molecule has 1 atom stereocenters. The molecule has 0 bridgehead atoms. The van der Waals surface area contributed by atoms with E-state index in [4.69, 9.17) is 26.1 Å². The van der Waals surface area contributed by atoms with Crippen molar-refractivity contribution in [2.45, 2.75) is 77.3 Å². The quantitative estimate of drug-likeness (QED) is 0.348. The summed E-state index contributed by atoms with van der Waals surface area (Å²) in [4.78, 5) is 21.2. The number of halogens is 1. The molecule has 8 nitrogen and oxygen atoms in total. The highest BCUT2D eigenvalue weighted by Crippen LogP contribution is 2.33. The second-order valence-corrected chi connectivity index (χ2v) is 11.3. The van der Waals surface area contributed by atoms with Crippen LogP contribution in [0.5, 0.6) is 0 Å². The van der Waals surface area contributed by atoms with Crippen molar-refractivity contribution in [3.8, 4) is 17.3 Å². The van der Waals surface area contributed by atoms with Crippen LogP contribution in [0.25, 0.3) is 11.3 Å². The monoisotopic (exact) mass is 553 g/mol. The Labute approximate surface area is 236 Å². The second-order valence-electron chi connectivity index (χ2n) is 10.9. The first-order valence-corrected chi connectivity index (χ1v) is 14.5. The van der Waals surface area contributed by atoms with E-state index in [9.17, 15) is 10.1 Å². The third-order valence-corrected chi connectivity index (χ3v) is 8.18. The molecule has 2 aromatic rings. The average Bonchev–Trinajstić information content (AvgIpc) is 2.95.